The average Bonchev–Trinajstić information content (AvgIpc) is 2.51. The minimum atomic E-state index is -3.67. The molecule has 144 valence electrons. The van der Waals surface area contributed by atoms with Gasteiger partial charge in [0.15, 0.2) is 5.96 Å². The lowest BCUT2D eigenvalue weighted by molar-refractivity contribution is 0.0536. The van der Waals surface area contributed by atoms with Gasteiger partial charge in [-0.1, -0.05) is 12.1 Å². The number of benzene rings is 1. The van der Waals surface area contributed by atoms with E-state index >= 15 is 0 Å². The zero-order chi connectivity index (χ0) is 19.3. The van der Waals surface area contributed by atoms with Crippen LogP contribution >= 0.6 is 0 Å². The fourth-order valence-corrected chi connectivity index (χ4v) is 1.67. The number of aliphatic hydroxyl groups excluding tert-OH is 2. The molecule has 0 amide bonds. The van der Waals surface area contributed by atoms with Crippen LogP contribution in [0.15, 0.2) is 24.3 Å². The Kier molecular flexibility index (Phi) is 11.5. The molecule has 0 spiro atoms. The number of hydrogen-bond acceptors (Lipinski definition) is 6. The minimum absolute atomic E-state index is 0.0107. The maximum atomic E-state index is 9.19. The van der Waals surface area contributed by atoms with E-state index in [1.54, 1.807) is 0 Å². The smallest absolute Gasteiger partial charge is 0.261 e. The quantitative estimate of drug-likeness (QED) is 0.148. The second-order valence-corrected chi connectivity index (χ2v) is 6.79. The largest absolute Gasteiger partial charge is 0.491 e. The van der Waals surface area contributed by atoms with Crippen molar-refractivity contribution in [1.29, 1.82) is 5.41 Å². The number of rotatable bonds is 9. The van der Waals surface area contributed by atoms with Crippen LogP contribution in [0, 0.1) is 5.41 Å². The van der Waals surface area contributed by atoms with Gasteiger partial charge in [-0.2, -0.15) is 8.42 Å². The molecule has 0 aliphatic rings. The molecule has 0 saturated heterocycles. The van der Waals surface area contributed by atoms with E-state index in [0.29, 0.717) is 12.0 Å². The van der Waals surface area contributed by atoms with Crippen molar-refractivity contribution in [2.45, 2.75) is 25.4 Å². The Morgan fingerprint density at radius 2 is 1.88 bits per heavy atom. The van der Waals surface area contributed by atoms with Gasteiger partial charge in [0, 0.05) is 6.54 Å². The van der Waals surface area contributed by atoms with Crippen LogP contribution in [0.1, 0.15) is 18.4 Å². The van der Waals surface area contributed by atoms with Crippen molar-refractivity contribution in [1.82, 2.24) is 5.32 Å². The topological polar surface area (TPSA) is 166 Å². The first-order valence-electron chi connectivity index (χ1n) is 7.63. The van der Waals surface area contributed by atoms with E-state index in [2.05, 4.69) is 5.32 Å². The molecule has 0 radical (unpaired) electrons. The highest BCUT2D eigenvalue weighted by Gasteiger charge is 2.03. The lowest BCUT2D eigenvalue weighted by atomic mass is 10.1. The number of guanidine groups is 1. The molecule has 1 aromatic carbocycles. The molecule has 0 saturated carbocycles. The van der Waals surface area contributed by atoms with Crippen molar-refractivity contribution >= 4 is 16.1 Å². The first kappa shape index (κ1) is 23.1. The van der Waals surface area contributed by atoms with Crippen molar-refractivity contribution in [3.8, 4) is 5.75 Å². The van der Waals surface area contributed by atoms with Gasteiger partial charge in [-0.15, -0.1) is 0 Å². The number of aryl methyl sites for hydroxylation is 1. The highest BCUT2D eigenvalue weighted by Crippen LogP contribution is 2.14. The third-order valence-electron chi connectivity index (χ3n) is 2.78. The van der Waals surface area contributed by atoms with Crippen LogP contribution in [0.25, 0.3) is 0 Å². The maximum Gasteiger partial charge on any atom is 0.261 e. The van der Waals surface area contributed by atoms with Gasteiger partial charge < -0.3 is 26.0 Å². The average molecular weight is 377 g/mol. The van der Waals surface area contributed by atoms with Crippen molar-refractivity contribution in [2.24, 2.45) is 5.73 Å². The molecule has 0 bridgehead atoms. The van der Waals surface area contributed by atoms with Crippen molar-refractivity contribution in [3.63, 3.8) is 0 Å². The summed E-state index contributed by atoms with van der Waals surface area (Å²) in [6.07, 6.45) is 2.81. The summed E-state index contributed by atoms with van der Waals surface area (Å²) in [7, 11) is -3.67. The van der Waals surface area contributed by atoms with Gasteiger partial charge in [-0.3, -0.25) is 9.96 Å². The zero-order valence-electron chi connectivity index (χ0n) is 14.2. The molecule has 0 fully saturated rings. The lowest BCUT2D eigenvalue weighted by Gasteiger charge is -2.10. The van der Waals surface area contributed by atoms with Gasteiger partial charge in [0.05, 0.1) is 12.9 Å². The van der Waals surface area contributed by atoms with Crippen LogP contribution in [0.2, 0.25) is 0 Å². The van der Waals surface area contributed by atoms with E-state index < -0.39 is 16.2 Å². The summed E-state index contributed by atoms with van der Waals surface area (Å²) in [6.45, 7) is 0.508. The Morgan fingerprint density at radius 1 is 1.32 bits per heavy atom. The highest BCUT2D eigenvalue weighted by molar-refractivity contribution is 7.85. The molecule has 0 aromatic heterocycles. The van der Waals surface area contributed by atoms with Crippen LogP contribution in [0.5, 0.6) is 5.75 Å². The molecular formula is C15H27N3O6S. The van der Waals surface area contributed by atoms with Crippen LogP contribution in [0.4, 0.5) is 0 Å². The van der Waals surface area contributed by atoms with Gasteiger partial charge in [0.2, 0.25) is 0 Å². The van der Waals surface area contributed by atoms with Gasteiger partial charge in [0.1, 0.15) is 18.5 Å². The van der Waals surface area contributed by atoms with Gasteiger partial charge in [-0.25, -0.2) is 0 Å². The van der Waals surface area contributed by atoms with E-state index in [1.807, 2.05) is 24.3 Å². The number of nitrogens with one attached hydrogen (secondary N) is 2. The van der Waals surface area contributed by atoms with Crippen LogP contribution in [-0.4, -0.2) is 61.3 Å². The van der Waals surface area contributed by atoms with Crippen molar-refractivity contribution in [3.05, 3.63) is 29.8 Å². The zero-order valence-corrected chi connectivity index (χ0v) is 15.0. The monoisotopic (exact) mass is 377 g/mol. The van der Waals surface area contributed by atoms with E-state index in [9.17, 15) is 13.5 Å². The molecule has 1 aromatic rings. The summed E-state index contributed by atoms with van der Waals surface area (Å²) >= 11 is 0. The number of aliphatic hydroxyl groups is 2. The standard InChI is InChI=1S/C14H23N3O3.CH4O3S/c15-14(16)17-8-2-1-3-11-4-6-13(7-5-11)20-10-12(19)9-18;1-5(2,3)4/h4-7,12,18-19H,1-3,8-10H2,(H4,15,16,17);1H3,(H,2,3,4). The van der Waals surface area contributed by atoms with Crippen LogP contribution in [0.3, 0.4) is 0 Å². The summed E-state index contributed by atoms with van der Waals surface area (Å²) in [5.74, 6) is 0.691. The van der Waals surface area contributed by atoms with Gasteiger partial charge >= 0.3 is 0 Å². The number of hydrogen-bond donors (Lipinski definition) is 6. The number of nitrogens with two attached hydrogens (primary N) is 1. The molecule has 9 nitrogen and oxygen atoms in total. The maximum absolute atomic E-state index is 9.19. The summed E-state index contributed by atoms with van der Waals surface area (Å²) in [4.78, 5) is 0. The van der Waals surface area contributed by atoms with Crippen molar-refractivity contribution < 1.29 is 27.9 Å². The van der Waals surface area contributed by atoms with E-state index in [4.69, 9.17) is 25.5 Å². The normalized spacial score (nSPS) is 11.8. The molecule has 0 aliphatic heterocycles. The van der Waals surface area contributed by atoms with E-state index in [0.717, 1.165) is 25.8 Å². The SMILES string of the molecule is CS(=O)(=O)O.N=C(N)NCCCCc1ccc(OCC(O)CO)cc1. The van der Waals surface area contributed by atoms with E-state index in [1.165, 1.54) is 5.56 Å². The molecule has 1 atom stereocenters. The summed E-state index contributed by atoms with van der Waals surface area (Å²) < 4.78 is 31.2. The summed E-state index contributed by atoms with van der Waals surface area (Å²) in [5, 5.41) is 27.6. The van der Waals surface area contributed by atoms with Gasteiger partial charge in [-0.05, 0) is 37.0 Å². The molecule has 7 N–H and O–H groups in total. The molecule has 1 rings (SSSR count). The molecule has 1 unspecified atom stereocenters. The van der Waals surface area contributed by atoms with Crippen molar-refractivity contribution in [2.75, 3.05) is 26.0 Å². The van der Waals surface area contributed by atoms with Crippen LogP contribution in [-0.2, 0) is 16.5 Å². The third-order valence-corrected chi connectivity index (χ3v) is 2.78. The predicted molar refractivity (Wildman–Crippen MR) is 95.4 cm³/mol. The Bertz CT molecular complexity index is 584. The Morgan fingerprint density at radius 3 is 2.36 bits per heavy atom. The second kappa shape index (κ2) is 12.5. The summed E-state index contributed by atoms with van der Waals surface area (Å²) in [5.41, 5.74) is 6.40. The highest BCUT2D eigenvalue weighted by atomic mass is 32.2. The first-order chi connectivity index (χ1) is 11.6. The predicted octanol–water partition coefficient (Wildman–Crippen LogP) is -0.272. The van der Waals surface area contributed by atoms with Gasteiger partial charge in [0.25, 0.3) is 10.1 Å². The first-order valence-corrected chi connectivity index (χ1v) is 9.47. The molecule has 0 heterocycles. The molecular weight excluding hydrogens is 350 g/mol. The molecule has 10 heteroatoms. The molecule has 25 heavy (non-hydrogen) atoms. The fourth-order valence-electron chi connectivity index (χ4n) is 1.67. The minimum Gasteiger partial charge on any atom is -0.491 e. The van der Waals surface area contributed by atoms with Crippen LogP contribution < -0.4 is 15.8 Å². The number of ether oxygens (including phenoxy) is 1. The molecule has 0 aliphatic carbocycles. The lowest BCUT2D eigenvalue weighted by Crippen LogP contribution is -2.30. The summed E-state index contributed by atoms with van der Waals surface area (Å²) in [6, 6.07) is 7.68. The Labute approximate surface area is 148 Å². The Hall–Kier alpha value is -1.88. The fraction of sp³-hybridized carbons (Fsp3) is 0.533. The van der Waals surface area contributed by atoms with E-state index in [-0.39, 0.29) is 19.2 Å². The Balaban J connectivity index is 0.00000101. The third kappa shape index (κ3) is 16.8. The number of unbranched alkanes of at least 4 members (excludes halogenated alkanes) is 1. The second-order valence-electron chi connectivity index (χ2n) is 5.32.